The second-order valence-corrected chi connectivity index (χ2v) is 6.69. The van der Waals surface area contributed by atoms with Crippen molar-refractivity contribution in [3.63, 3.8) is 0 Å². The first-order valence-corrected chi connectivity index (χ1v) is 9.06. The summed E-state index contributed by atoms with van der Waals surface area (Å²) in [6.07, 6.45) is 5.00. The van der Waals surface area contributed by atoms with Gasteiger partial charge in [0.15, 0.2) is 0 Å². The number of hydrogen-bond donors (Lipinski definition) is 0. The first kappa shape index (κ1) is 19.2. The predicted molar refractivity (Wildman–Crippen MR) is 103 cm³/mol. The Hall–Kier alpha value is -2.13. The summed E-state index contributed by atoms with van der Waals surface area (Å²) in [6.45, 7) is 1.86. The number of carbonyl (C=O) groups is 1. The second kappa shape index (κ2) is 10.7. The molecule has 134 valence electrons. The monoisotopic (exact) mass is 339 g/mol. The molecule has 0 aromatic heterocycles. The van der Waals surface area contributed by atoms with Gasteiger partial charge in [-0.15, -0.1) is 0 Å². The van der Waals surface area contributed by atoms with Crippen LogP contribution in [0.15, 0.2) is 54.6 Å². The van der Waals surface area contributed by atoms with Gasteiger partial charge in [0.2, 0.25) is 0 Å². The first-order chi connectivity index (χ1) is 12.2. The number of benzene rings is 2. The molecule has 0 aliphatic heterocycles. The fraction of sp³-hybridized carbons (Fsp3) is 0.409. The van der Waals surface area contributed by atoms with Gasteiger partial charge in [-0.1, -0.05) is 42.5 Å². The Labute approximate surface area is 151 Å². The number of carbonyl (C=O) groups excluding carboxylic acids is 1. The van der Waals surface area contributed by atoms with Gasteiger partial charge in [0.25, 0.3) is 0 Å². The highest BCUT2D eigenvalue weighted by Crippen LogP contribution is 2.21. The molecule has 0 bridgehead atoms. The molecule has 25 heavy (non-hydrogen) atoms. The normalized spacial score (nSPS) is 12.1. The highest BCUT2D eigenvalue weighted by molar-refractivity contribution is 5.62. The maximum atomic E-state index is 11.4. The summed E-state index contributed by atoms with van der Waals surface area (Å²) >= 11 is 0. The molecule has 1 atom stereocenters. The van der Waals surface area contributed by atoms with Crippen LogP contribution in [0.5, 0.6) is 5.75 Å². The zero-order valence-corrected chi connectivity index (χ0v) is 15.4. The molecule has 0 radical (unpaired) electrons. The van der Waals surface area contributed by atoms with E-state index >= 15 is 0 Å². The molecule has 3 heteroatoms. The Morgan fingerprint density at radius 3 is 2.36 bits per heavy atom. The highest BCUT2D eigenvalue weighted by atomic mass is 16.5. The van der Waals surface area contributed by atoms with Gasteiger partial charge in [-0.25, -0.2) is 0 Å². The smallest absolute Gasteiger partial charge is 0.127 e. The Morgan fingerprint density at radius 1 is 1.00 bits per heavy atom. The van der Waals surface area contributed by atoms with Crippen molar-refractivity contribution in [2.75, 3.05) is 27.2 Å². The number of unbranched alkanes of at least 4 members (excludes halogenated alkanes) is 1. The molecule has 2 aromatic carbocycles. The van der Waals surface area contributed by atoms with Gasteiger partial charge < -0.3 is 14.4 Å². The number of hydrogen-bond acceptors (Lipinski definition) is 3. The maximum absolute atomic E-state index is 11.4. The maximum Gasteiger partial charge on any atom is 0.127 e. The molecule has 0 saturated carbocycles. The van der Waals surface area contributed by atoms with Crippen LogP contribution in [-0.2, 0) is 11.2 Å². The van der Waals surface area contributed by atoms with E-state index in [0.717, 1.165) is 56.4 Å². The van der Waals surface area contributed by atoms with E-state index in [1.807, 2.05) is 42.5 Å². The molecule has 0 heterocycles. The number of nitrogens with zero attached hydrogens (tertiary/aromatic N) is 1. The SMILES string of the molecule is CN(C)CCCCOc1ccc(CC[C@H](C=O)c2ccccc2)cc1. The fourth-order valence-corrected chi connectivity index (χ4v) is 2.81. The Kier molecular flexibility index (Phi) is 8.20. The van der Waals surface area contributed by atoms with Crippen molar-refractivity contribution in [3.8, 4) is 5.75 Å². The highest BCUT2D eigenvalue weighted by Gasteiger charge is 2.10. The summed E-state index contributed by atoms with van der Waals surface area (Å²) in [7, 11) is 4.18. The van der Waals surface area contributed by atoms with E-state index in [1.165, 1.54) is 5.56 Å². The van der Waals surface area contributed by atoms with Crippen molar-refractivity contribution in [3.05, 3.63) is 65.7 Å². The van der Waals surface area contributed by atoms with Crippen molar-refractivity contribution < 1.29 is 9.53 Å². The van der Waals surface area contributed by atoms with Crippen LogP contribution in [0.3, 0.4) is 0 Å². The van der Waals surface area contributed by atoms with E-state index in [1.54, 1.807) is 0 Å². The van der Waals surface area contributed by atoms with Crippen LogP contribution >= 0.6 is 0 Å². The van der Waals surface area contributed by atoms with Gasteiger partial charge in [0, 0.05) is 5.92 Å². The minimum atomic E-state index is -0.0335. The summed E-state index contributed by atoms with van der Waals surface area (Å²) in [5.74, 6) is 0.887. The van der Waals surface area contributed by atoms with Crippen LogP contribution in [0.25, 0.3) is 0 Å². The number of ether oxygens (including phenoxy) is 1. The van der Waals surface area contributed by atoms with E-state index in [4.69, 9.17) is 4.74 Å². The Bertz CT molecular complexity index is 608. The van der Waals surface area contributed by atoms with Crippen molar-refractivity contribution >= 4 is 6.29 Å². The van der Waals surface area contributed by atoms with Gasteiger partial charge in [-0.3, -0.25) is 0 Å². The standard InChI is InChI=1S/C22H29NO2/c1-23(2)16-6-7-17-25-22-14-11-19(12-15-22)10-13-21(18-24)20-8-4-3-5-9-20/h3-5,8-9,11-12,14-15,18,21H,6-7,10,13,16-17H2,1-2H3/t21-/m1/s1. The summed E-state index contributed by atoms with van der Waals surface area (Å²) < 4.78 is 5.78. The van der Waals surface area contributed by atoms with Crippen molar-refractivity contribution in [1.82, 2.24) is 4.90 Å². The molecule has 0 spiro atoms. The minimum absolute atomic E-state index is 0.0335. The first-order valence-electron chi connectivity index (χ1n) is 9.06. The van der Waals surface area contributed by atoms with E-state index in [-0.39, 0.29) is 5.92 Å². The largest absolute Gasteiger partial charge is 0.494 e. The molecular formula is C22H29NO2. The predicted octanol–water partition coefficient (Wildman–Crippen LogP) is 4.32. The lowest BCUT2D eigenvalue weighted by molar-refractivity contribution is -0.109. The fourth-order valence-electron chi connectivity index (χ4n) is 2.81. The topological polar surface area (TPSA) is 29.5 Å². The van der Waals surface area contributed by atoms with Crippen molar-refractivity contribution in [2.24, 2.45) is 0 Å². The Morgan fingerprint density at radius 2 is 1.72 bits per heavy atom. The van der Waals surface area contributed by atoms with E-state index < -0.39 is 0 Å². The van der Waals surface area contributed by atoms with Crippen LogP contribution in [0.1, 0.15) is 36.3 Å². The Balaban J connectivity index is 1.75. The van der Waals surface area contributed by atoms with Crippen LogP contribution < -0.4 is 4.74 Å². The number of aldehydes is 1. The molecule has 0 fully saturated rings. The van der Waals surface area contributed by atoms with Gasteiger partial charge in [0.1, 0.15) is 12.0 Å². The van der Waals surface area contributed by atoms with Crippen molar-refractivity contribution in [1.29, 1.82) is 0 Å². The minimum Gasteiger partial charge on any atom is -0.494 e. The van der Waals surface area contributed by atoms with Crippen LogP contribution in [0.4, 0.5) is 0 Å². The lowest BCUT2D eigenvalue weighted by atomic mass is 9.94. The van der Waals surface area contributed by atoms with E-state index in [9.17, 15) is 4.79 Å². The average Bonchev–Trinajstić information content (AvgIpc) is 2.64. The molecule has 0 aliphatic rings. The quantitative estimate of drug-likeness (QED) is 0.451. The van der Waals surface area contributed by atoms with Crippen LogP contribution in [-0.4, -0.2) is 38.4 Å². The van der Waals surface area contributed by atoms with Crippen molar-refractivity contribution in [2.45, 2.75) is 31.6 Å². The molecule has 3 nitrogen and oxygen atoms in total. The van der Waals surface area contributed by atoms with Gasteiger partial charge >= 0.3 is 0 Å². The molecule has 0 aliphatic carbocycles. The summed E-state index contributed by atoms with van der Waals surface area (Å²) in [6, 6.07) is 18.2. The van der Waals surface area contributed by atoms with E-state index in [2.05, 4.69) is 31.1 Å². The number of rotatable bonds is 11. The molecule has 0 amide bonds. The van der Waals surface area contributed by atoms with Gasteiger partial charge in [-0.2, -0.15) is 0 Å². The summed E-state index contributed by atoms with van der Waals surface area (Å²) in [4.78, 5) is 13.6. The lowest BCUT2D eigenvalue weighted by Gasteiger charge is -2.12. The zero-order valence-electron chi connectivity index (χ0n) is 15.4. The number of aryl methyl sites for hydroxylation is 1. The van der Waals surface area contributed by atoms with Gasteiger partial charge in [0.05, 0.1) is 6.61 Å². The zero-order chi connectivity index (χ0) is 17.9. The van der Waals surface area contributed by atoms with Crippen LogP contribution in [0.2, 0.25) is 0 Å². The van der Waals surface area contributed by atoms with Gasteiger partial charge in [-0.05, 0) is 69.6 Å². The molecule has 2 aromatic rings. The molecule has 2 rings (SSSR count). The van der Waals surface area contributed by atoms with Crippen LogP contribution in [0, 0.1) is 0 Å². The molecule has 0 N–H and O–H groups in total. The summed E-state index contributed by atoms with van der Waals surface area (Å²) in [5, 5.41) is 0. The average molecular weight is 339 g/mol. The molecular weight excluding hydrogens is 310 g/mol. The molecule has 0 unspecified atom stereocenters. The molecule has 0 saturated heterocycles. The lowest BCUT2D eigenvalue weighted by Crippen LogP contribution is -2.13. The third-order valence-corrected chi connectivity index (χ3v) is 4.33. The second-order valence-electron chi connectivity index (χ2n) is 6.69. The summed E-state index contributed by atoms with van der Waals surface area (Å²) in [5.41, 5.74) is 2.33. The third kappa shape index (κ3) is 7.10. The van der Waals surface area contributed by atoms with E-state index in [0.29, 0.717) is 0 Å². The third-order valence-electron chi connectivity index (χ3n) is 4.33.